The van der Waals surface area contributed by atoms with Crippen molar-refractivity contribution >= 4 is 0 Å². The molecule has 0 amide bonds. The average Bonchev–Trinajstić information content (AvgIpc) is 2.40. The van der Waals surface area contributed by atoms with Crippen molar-refractivity contribution in [3.63, 3.8) is 0 Å². The highest BCUT2D eigenvalue weighted by atomic mass is 19.1. The highest BCUT2D eigenvalue weighted by Crippen LogP contribution is 2.57. The van der Waals surface area contributed by atoms with Gasteiger partial charge in [-0.05, 0) is 85.8 Å². The van der Waals surface area contributed by atoms with Crippen LogP contribution in [0.4, 0.5) is 4.39 Å². The molecular weight excluding hydrogens is 251 g/mol. The van der Waals surface area contributed by atoms with Crippen LogP contribution in [-0.4, -0.2) is 11.2 Å². The summed E-state index contributed by atoms with van der Waals surface area (Å²) in [6.07, 6.45) is 7.28. The standard InChI is InChI=1S/C18H23FO/c19-16-3-1-11(2-4-16)10-17(20)18-14-6-12-5-13(8-14)9-15(18)7-12/h1-4,12-15,17-18,20H,5-10H2. The number of hydrogen-bond donors (Lipinski definition) is 1. The molecule has 20 heavy (non-hydrogen) atoms. The molecule has 4 saturated carbocycles. The van der Waals surface area contributed by atoms with Gasteiger partial charge in [0.1, 0.15) is 5.82 Å². The van der Waals surface area contributed by atoms with Gasteiger partial charge in [-0.3, -0.25) is 0 Å². The van der Waals surface area contributed by atoms with Crippen LogP contribution in [0.25, 0.3) is 0 Å². The summed E-state index contributed by atoms with van der Waals surface area (Å²) in [7, 11) is 0. The molecule has 0 aliphatic heterocycles. The first kappa shape index (κ1) is 12.8. The van der Waals surface area contributed by atoms with Gasteiger partial charge < -0.3 is 5.11 Å². The van der Waals surface area contributed by atoms with E-state index in [9.17, 15) is 9.50 Å². The highest BCUT2D eigenvalue weighted by Gasteiger charge is 2.50. The molecule has 1 aromatic rings. The van der Waals surface area contributed by atoms with E-state index in [0.29, 0.717) is 12.3 Å². The Morgan fingerprint density at radius 3 is 2.05 bits per heavy atom. The quantitative estimate of drug-likeness (QED) is 0.889. The smallest absolute Gasteiger partial charge is 0.123 e. The summed E-state index contributed by atoms with van der Waals surface area (Å²) < 4.78 is 13.0. The van der Waals surface area contributed by atoms with Crippen LogP contribution in [0.2, 0.25) is 0 Å². The first-order chi connectivity index (χ1) is 9.69. The second-order valence-corrected chi connectivity index (χ2v) is 7.41. The minimum absolute atomic E-state index is 0.196. The van der Waals surface area contributed by atoms with Crippen molar-refractivity contribution in [1.82, 2.24) is 0 Å². The van der Waals surface area contributed by atoms with Gasteiger partial charge in [-0.2, -0.15) is 0 Å². The third kappa shape index (κ3) is 2.18. The van der Waals surface area contributed by atoms with Gasteiger partial charge in [-0.1, -0.05) is 12.1 Å². The number of halogens is 1. The van der Waals surface area contributed by atoms with E-state index in [1.165, 1.54) is 44.2 Å². The van der Waals surface area contributed by atoms with E-state index in [1.807, 2.05) is 12.1 Å². The van der Waals surface area contributed by atoms with Crippen LogP contribution >= 0.6 is 0 Å². The molecule has 108 valence electrons. The van der Waals surface area contributed by atoms with Crippen LogP contribution in [0.3, 0.4) is 0 Å². The molecule has 4 bridgehead atoms. The summed E-state index contributed by atoms with van der Waals surface area (Å²) >= 11 is 0. The number of hydrogen-bond acceptors (Lipinski definition) is 1. The Morgan fingerprint density at radius 2 is 1.50 bits per heavy atom. The first-order valence-electron chi connectivity index (χ1n) is 8.11. The normalized spacial score (nSPS) is 40.0. The number of aliphatic hydroxyl groups excluding tert-OH is 1. The van der Waals surface area contributed by atoms with E-state index in [-0.39, 0.29) is 11.9 Å². The van der Waals surface area contributed by atoms with Crippen molar-refractivity contribution in [2.24, 2.45) is 29.6 Å². The number of benzene rings is 1. The van der Waals surface area contributed by atoms with Crippen LogP contribution in [0.15, 0.2) is 24.3 Å². The van der Waals surface area contributed by atoms with Gasteiger partial charge in [-0.15, -0.1) is 0 Å². The van der Waals surface area contributed by atoms with E-state index in [4.69, 9.17) is 0 Å². The maximum absolute atomic E-state index is 13.0. The molecule has 4 fully saturated rings. The molecule has 5 rings (SSSR count). The number of rotatable bonds is 3. The summed E-state index contributed by atoms with van der Waals surface area (Å²) in [4.78, 5) is 0. The van der Waals surface area contributed by atoms with Crippen molar-refractivity contribution in [2.45, 2.75) is 44.6 Å². The molecule has 0 saturated heterocycles. The zero-order valence-corrected chi connectivity index (χ0v) is 11.8. The van der Waals surface area contributed by atoms with Crippen molar-refractivity contribution in [1.29, 1.82) is 0 Å². The maximum atomic E-state index is 13.0. The van der Waals surface area contributed by atoms with E-state index in [1.54, 1.807) is 0 Å². The van der Waals surface area contributed by atoms with Gasteiger partial charge in [0, 0.05) is 0 Å². The largest absolute Gasteiger partial charge is 0.392 e. The Kier molecular flexibility index (Phi) is 3.10. The van der Waals surface area contributed by atoms with Gasteiger partial charge in [0.25, 0.3) is 0 Å². The fourth-order valence-electron chi connectivity index (χ4n) is 5.59. The van der Waals surface area contributed by atoms with Gasteiger partial charge in [0.05, 0.1) is 6.10 Å². The highest BCUT2D eigenvalue weighted by molar-refractivity contribution is 5.17. The second kappa shape index (κ2) is 4.84. The molecule has 1 nitrogen and oxygen atoms in total. The summed E-state index contributed by atoms with van der Waals surface area (Å²) in [6.45, 7) is 0. The molecule has 4 aliphatic rings. The summed E-state index contributed by atoms with van der Waals surface area (Å²) in [5, 5.41) is 10.7. The van der Waals surface area contributed by atoms with Crippen LogP contribution in [-0.2, 0) is 6.42 Å². The molecular formula is C18H23FO. The first-order valence-corrected chi connectivity index (χ1v) is 8.11. The molecule has 1 N–H and O–H groups in total. The Morgan fingerprint density at radius 1 is 0.950 bits per heavy atom. The third-order valence-electron chi connectivity index (χ3n) is 6.10. The molecule has 0 spiro atoms. The molecule has 0 aromatic heterocycles. The minimum atomic E-state index is -0.240. The van der Waals surface area contributed by atoms with Crippen molar-refractivity contribution < 1.29 is 9.50 Å². The van der Waals surface area contributed by atoms with Gasteiger partial charge in [0.15, 0.2) is 0 Å². The predicted molar refractivity (Wildman–Crippen MR) is 76.6 cm³/mol. The van der Waals surface area contributed by atoms with Crippen molar-refractivity contribution in [2.75, 3.05) is 0 Å². The van der Waals surface area contributed by atoms with E-state index in [0.717, 1.165) is 29.2 Å². The lowest BCUT2D eigenvalue weighted by Gasteiger charge is -2.55. The van der Waals surface area contributed by atoms with Gasteiger partial charge in [0.2, 0.25) is 0 Å². The maximum Gasteiger partial charge on any atom is 0.123 e. The lowest BCUT2D eigenvalue weighted by Crippen LogP contribution is -2.49. The Hall–Kier alpha value is -0.890. The van der Waals surface area contributed by atoms with Crippen LogP contribution < -0.4 is 0 Å². The van der Waals surface area contributed by atoms with Gasteiger partial charge >= 0.3 is 0 Å². The third-order valence-corrected chi connectivity index (χ3v) is 6.10. The van der Waals surface area contributed by atoms with Crippen molar-refractivity contribution in [3.05, 3.63) is 35.6 Å². The van der Waals surface area contributed by atoms with Crippen molar-refractivity contribution in [3.8, 4) is 0 Å². The zero-order valence-electron chi connectivity index (χ0n) is 11.8. The summed E-state index contributed by atoms with van der Waals surface area (Å²) in [6, 6.07) is 6.63. The fourth-order valence-corrected chi connectivity index (χ4v) is 5.59. The van der Waals surface area contributed by atoms with Crippen LogP contribution in [0.5, 0.6) is 0 Å². The molecule has 1 atom stereocenters. The summed E-state index contributed by atoms with van der Waals surface area (Å²) in [5.41, 5.74) is 1.06. The zero-order chi connectivity index (χ0) is 13.7. The Balaban J connectivity index is 1.48. The molecule has 4 aliphatic carbocycles. The van der Waals surface area contributed by atoms with E-state index in [2.05, 4.69) is 0 Å². The topological polar surface area (TPSA) is 20.2 Å². The Labute approximate surface area is 120 Å². The fraction of sp³-hybridized carbons (Fsp3) is 0.667. The minimum Gasteiger partial charge on any atom is -0.392 e. The SMILES string of the molecule is OC(Cc1ccc(F)cc1)C1C2CC3CC(C2)CC1C3. The predicted octanol–water partition coefficient (Wildman–Crippen LogP) is 3.80. The second-order valence-electron chi connectivity index (χ2n) is 7.41. The lowest BCUT2D eigenvalue weighted by atomic mass is 9.50. The van der Waals surface area contributed by atoms with E-state index >= 15 is 0 Å². The average molecular weight is 274 g/mol. The Bertz CT molecular complexity index is 453. The molecule has 2 heteroatoms. The van der Waals surface area contributed by atoms with E-state index < -0.39 is 0 Å². The lowest BCUT2D eigenvalue weighted by molar-refractivity contribution is -0.0887. The molecule has 0 heterocycles. The van der Waals surface area contributed by atoms with Crippen LogP contribution in [0.1, 0.15) is 37.7 Å². The van der Waals surface area contributed by atoms with Gasteiger partial charge in [-0.25, -0.2) is 4.39 Å². The van der Waals surface area contributed by atoms with Crippen LogP contribution in [0, 0.1) is 35.4 Å². The molecule has 1 aromatic carbocycles. The molecule has 0 radical (unpaired) electrons. The molecule has 1 unspecified atom stereocenters. The summed E-state index contributed by atoms with van der Waals surface area (Å²) in [5.74, 6) is 3.70. The number of aliphatic hydroxyl groups is 1. The monoisotopic (exact) mass is 274 g/mol.